The number of rotatable bonds is 8. The van der Waals surface area contributed by atoms with Crippen LogP contribution in [0.1, 0.15) is 97.2 Å². The van der Waals surface area contributed by atoms with Gasteiger partial charge in [0.1, 0.15) is 0 Å². The average Bonchev–Trinajstić information content (AvgIpc) is 0.675. The van der Waals surface area contributed by atoms with Gasteiger partial charge in [0.05, 0.1) is 45.5 Å². The van der Waals surface area contributed by atoms with Crippen molar-refractivity contribution >= 4 is 151 Å². The van der Waals surface area contributed by atoms with E-state index >= 15 is 0 Å². The Labute approximate surface area is 830 Å². The summed E-state index contributed by atoms with van der Waals surface area (Å²) >= 11 is 1.86. The Balaban J connectivity index is 0.000000141. The van der Waals surface area contributed by atoms with E-state index < -0.39 is 0 Å². The average molecular weight is 1810 g/mol. The van der Waals surface area contributed by atoms with Crippen LogP contribution in [-0.2, 0) is 27.1 Å². The molecule has 28 rings (SSSR count). The molecule has 0 radical (unpaired) electrons. The van der Waals surface area contributed by atoms with Crippen LogP contribution in [0.2, 0.25) is 23.3 Å². The van der Waals surface area contributed by atoms with Gasteiger partial charge in [0.15, 0.2) is 0 Å². The number of nitrogens with zero attached hydrogens (tertiary/aromatic N) is 4. The molecule has 0 N–H and O–H groups in total. The Morgan fingerprint density at radius 3 is 0.593 bits per heavy atom. The van der Waals surface area contributed by atoms with Crippen LogP contribution >= 0.6 is 11.8 Å². The smallest absolute Gasteiger partial charge is 0.217 e. The Bertz CT molecular complexity index is 7540. The van der Waals surface area contributed by atoms with Gasteiger partial charge in [0, 0.05) is 59.6 Å². The first-order chi connectivity index (χ1) is 68.8. The summed E-state index contributed by atoms with van der Waals surface area (Å²) in [4.78, 5) is 12.4. The third-order valence-corrected chi connectivity index (χ3v) is 35.8. The largest absolute Gasteiger partial charge is 0.310 e. The third kappa shape index (κ3) is 12.4. The molecule has 0 fully saturated rings. The molecule has 16 aromatic carbocycles. The van der Waals surface area contributed by atoms with Gasteiger partial charge in [-0.1, -0.05) is 473 Å². The molecule has 140 heavy (non-hydrogen) atoms. The minimum atomic E-state index is -0.292. The zero-order valence-corrected chi connectivity index (χ0v) is 80.6. The fourth-order valence-electron chi connectivity index (χ4n) is 28.9. The van der Waals surface area contributed by atoms with Crippen molar-refractivity contribution in [2.45, 2.75) is 102 Å². The molecule has 4 nitrogen and oxygen atoms in total. The Kier molecular flexibility index (Phi) is 19.7. The molecule has 12 aliphatic rings. The maximum atomic E-state index is 2.58. The number of benzene rings is 16. The maximum absolute atomic E-state index is 2.58. The van der Waals surface area contributed by atoms with Crippen LogP contribution in [0.5, 0.6) is 0 Å². The van der Waals surface area contributed by atoms with E-state index in [1.807, 2.05) is 11.8 Å². The molecule has 0 bridgehead atoms. The summed E-state index contributed by atoms with van der Waals surface area (Å²) in [5.74, 6) is 1.94. The summed E-state index contributed by atoms with van der Waals surface area (Å²) in [5.41, 5.74) is 39.1. The SMILES string of the molecule is CC1(C)c2ccccc2N(c2ccc(B3c4ccccc4C4(c5ccccc5B(c5ccc(N6c7ccccc7C(C)(C)c7ccccc76)cc5)C5C=CC=CC54)C4C=CC=CC34)cc2)c2ccccc21.CC1(C)c2ccccc2N(c2ccc(B3c4ccccc4C4(c5ccccc5B(c5ccc(N6c7ccccc7Sc7ccccc76)cc5)C5C=CC=CC54)C4C=CC=CC34)cc2)c2ccccc21. The minimum Gasteiger partial charge on any atom is -0.310 e. The first kappa shape index (κ1) is 84.5. The van der Waals surface area contributed by atoms with E-state index in [0.29, 0.717) is 0 Å². The van der Waals surface area contributed by atoms with Crippen molar-refractivity contribution < 1.29 is 0 Å². The predicted molar refractivity (Wildman–Crippen MR) is 595 cm³/mol. The van der Waals surface area contributed by atoms with Gasteiger partial charge in [-0.25, -0.2) is 0 Å². The molecule has 668 valence electrons. The molecular weight excluding hydrogens is 1700 g/mol. The highest BCUT2D eigenvalue weighted by Gasteiger charge is 2.64. The Morgan fingerprint density at radius 1 is 0.186 bits per heavy atom. The molecule has 0 saturated heterocycles. The summed E-state index contributed by atoms with van der Waals surface area (Å²) in [5, 5.41) is 0. The number of para-hydroxylation sites is 8. The van der Waals surface area contributed by atoms with Crippen molar-refractivity contribution in [3.05, 3.63) is 541 Å². The van der Waals surface area contributed by atoms with Crippen molar-refractivity contribution in [1.82, 2.24) is 0 Å². The highest BCUT2D eigenvalue weighted by atomic mass is 32.2. The molecule has 8 heterocycles. The van der Waals surface area contributed by atoms with Crippen molar-refractivity contribution in [3.63, 3.8) is 0 Å². The number of allylic oxidation sites excluding steroid dienone is 16. The number of fused-ring (bicyclic) bond motifs is 24. The lowest BCUT2D eigenvalue weighted by molar-refractivity contribution is 0.281. The van der Waals surface area contributed by atoms with Gasteiger partial charge in [0.2, 0.25) is 26.9 Å². The van der Waals surface area contributed by atoms with Gasteiger partial charge < -0.3 is 19.6 Å². The normalized spacial score (nSPS) is 22.9. The zero-order chi connectivity index (χ0) is 93.5. The summed E-state index contributed by atoms with van der Waals surface area (Å²) in [6.07, 6.45) is 39.1. The van der Waals surface area contributed by atoms with Crippen molar-refractivity contribution in [1.29, 1.82) is 0 Å². The highest BCUT2D eigenvalue weighted by molar-refractivity contribution is 7.99. The molecule has 9 atom stereocenters. The minimum absolute atomic E-state index is 0.0980. The van der Waals surface area contributed by atoms with Crippen LogP contribution < -0.4 is 63.3 Å². The third-order valence-electron chi connectivity index (χ3n) is 34.7. The molecular formula is C131H106B4N4S. The molecule has 2 spiro atoms. The van der Waals surface area contributed by atoms with Crippen molar-refractivity contribution in [3.8, 4) is 0 Å². The summed E-state index contributed by atoms with van der Waals surface area (Å²) in [6.45, 7) is 14.9. The molecule has 0 saturated carbocycles. The van der Waals surface area contributed by atoms with Crippen molar-refractivity contribution in [2.75, 3.05) is 19.6 Å². The fraction of sp³-hybridized carbons (Fsp3) is 0.145. The van der Waals surface area contributed by atoms with E-state index in [-0.39, 0.29) is 101 Å². The lowest BCUT2D eigenvalue weighted by Gasteiger charge is -2.59. The van der Waals surface area contributed by atoms with Crippen molar-refractivity contribution in [2.24, 2.45) is 23.7 Å². The lowest BCUT2D eigenvalue weighted by Crippen LogP contribution is -2.67. The monoisotopic (exact) mass is 1810 g/mol. The van der Waals surface area contributed by atoms with E-state index in [2.05, 4.69) is 547 Å². The van der Waals surface area contributed by atoms with Crippen LogP contribution in [-0.4, -0.2) is 26.9 Å². The van der Waals surface area contributed by atoms with Gasteiger partial charge in [-0.3, -0.25) is 0 Å². The fourth-order valence-corrected chi connectivity index (χ4v) is 30.0. The standard InChI is InChI=1S/C67H56B2N2.C64H50B2N2S/c1-65(2)53-25-9-17-33-61(53)70(62-34-18-10-26-54(62)65)47-41-37-45(38-42-47)68-57-29-13-5-21-49(57)67(50-22-6-14-30-58(50)68)51-23-7-15-31-59(51)69(60-32-16-8-24-52(60)67)46-39-43-48(44-40-46)71-63-35-19-11-27-55(63)66(3,4)56-28-12-20-36-64(56)71;1-63(2)51-23-7-13-29-57(51)67(58-30-14-8-24-52(58)63)45-39-35-43(36-40-45)65-53-25-9-3-19-47(53)64(48-20-4-10-26-54(48)65)49-21-5-11-27-55(49)66(56-28-12-6-22-50(56)64)44-37-41-46(42-38-44)68-59-31-15-17-33-61(59)69-62-34-18-16-32-60(62)68/h5-44,49,51,57,59H,1-4H3;3-42,47,49,53,55H,1-2H3. The Morgan fingerprint density at radius 2 is 0.364 bits per heavy atom. The van der Waals surface area contributed by atoms with Gasteiger partial charge in [-0.2, -0.15) is 0 Å². The first-order valence-electron chi connectivity index (χ1n) is 50.6. The molecule has 4 aliphatic carbocycles. The summed E-state index contributed by atoms with van der Waals surface area (Å²) in [7, 11) is 0. The number of anilines is 12. The van der Waals surface area contributed by atoms with Gasteiger partial charge in [0.25, 0.3) is 0 Å². The van der Waals surface area contributed by atoms with Crippen LogP contribution in [0, 0.1) is 23.7 Å². The second-order valence-corrected chi connectivity index (χ2v) is 43.3. The first-order valence-corrected chi connectivity index (χ1v) is 51.4. The van der Waals surface area contributed by atoms with Gasteiger partial charge >= 0.3 is 0 Å². The molecule has 0 amide bonds. The number of hydrogen-bond acceptors (Lipinski definition) is 5. The highest BCUT2D eigenvalue weighted by Crippen LogP contribution is 2.65. The molecule has 9 unspecified atom stereocenters. The van der Waals surface area contributed by atoms with E-state index in [4.69, 9.17) is 0 Å². The van der Waals surface area contributed by atoms with Crippen LogP contribution in [0.4, 0.5) is 68.2 Å². The molecule has 0 aromatic heterocycles. The van der Waals surface area contributed by atoms with Crippen LogP contribution in [0.15, 0.2) is 495 Å². The Hall–Kier alpha value is -14.8. The second-order valence-electron chi connectivity index (χ2n) is 42.2. The van der Waals surface area contributed by atoms with E-state index in [1.165, 1.54) is 177 Å². The summed E-state index contributed by atoms with van der Waals surface area (Å²) < 4.78 is 0. The van der Waals surface area contributed by atoms with E-state index in [9.17, 15) is 0 Å². The molecule has 8 aliphatic heterocycles. The lowest BCUT2D eigenvalue weighted by atomic mass is 9.19. The predicted octanol–water partition coefficient (Wildman–Crippen LogP) is 27.1. The quantitative estimate of drug-likeness (QED) is 0.140. The van der Waals surface area contributed by atoms with E-state index in [1.54, 1.807) is 0 Å². The molecule has 16 aromatic rings. The van der Waals surface area contributed by atoms with Crippen LogP contribution in [0.3, 0.4) is 0 Å². The summed E-state index contributed by atoms with van der Waals surface area (Å²) in [6, 6.07) is 148. The topological polar surface area (TPSA) is 13.0 Å². The van der Waals surface area contributed by atoms with Gasteiger partial charge in [-0.15, -0.1) is 0 Å². The molecule has 9 heteroatoms. The van der Waals surface area contributed by atoms with Crippen LogP contribution in [0.25, 0.3) is 0 Å². The van der Waals surface area contributed by atoms with E-state index in [0.717, 1.165) is 0 Å². The number of hydrogen-bond donors (Lipinski definition) is 0. The van der Waals surface area contributed by atoms with Gasteiger partial charge in [-0.05, 0) is 212 Å². The maximum Gasteiger partial charge on any atom is 0.217 e. The second kappa shape index (κ2) is 32.7. The zero-order valence-electron chi connectivity index (χ0n) is 79.8.